The van der Waals surface area contributed by atoms with E-state index in [9.17, 15) is 5.11 Å². The molecule has 3 aromatic rings. The third-order valence-electron chi connectivity index (χ3n) is 4.32. The lowest BCUT2D eigenvalue weighted by molar-refractivity contribution is 0.174. The summed E-state index contributed by atoms with van der Waals surface area (Å²) < 4.78 is 16.5. The second kappa shape index (κ2) is 10.1. The molecule has 148 valence electrons. The highest BCUT2D eigenvalue weighted by Crippen LogP contribution is 2.29. The van der Waals surface area contributed by atoms with Gasteiger partial charge in [-0.3, -0.25) is 0 Å². The molecule has 6 heteroatoms. The Bertz CT molecular complexity index is 867. The normalized spacial score (nSPS) is 11.8. The number of methoxy groups -OCH3 is 2. The fourth-order valence-corrected chi connectivity index (χ4v) is 3.42. The van der Waals surface area contributed by atoms with Gasteiger partial charge in [0.2, 0.25) is 0 Å². The number of benzene rings is 2. The number of hydrogen-bond donors (Lipinski definition) is 2. The second-order valence-corrected chi connectivity index (χ2v) is 7.31. The summed E-state index contributed by atoms with van der Waals surface area (Å²) in [4.78, 5) is 1.17. The molecule has 2 aromatic carbocycles. The number of thiophene rings is 1. The van der Waals surface area contributed by atoms with Crippen molar-refractivity contribution in [2.45, 2.75) is 19.3 Å². The summed E-state index contributed by atoms with van der Waals surface area (Å²) in [6.07, 6.45) is -0.606. The van der Waals surface area contributed by atoms with Gasteiger partial charge >= 0.3 is 0 Å². The first kappa shape index (κ1) is 20.2. The molecule has 0 amide bonds. The molecule has 0 aliphatic rings. The van der Waals surface area contributed by atoms with Crippen molar-refractivity contribution in [3.8, 4) is 17.2 Å². The van der Waals surface area contributed by atoms with Crippen molar-refractivity contribution in [2.24, 2.45) is 0 Å². The van der Waals surface area contributed by atoms with Gasteiger partial charge in [0.25, 0.3) is 0 Å². The molecule has 1 atom stereocenters. The van der Waals surface area contributed by atoms with Crippen LogP contribution in [0.2, 0.25) is 0 Å². The second-order valence-electron chi connectivity index (χ2n) is 6.28. The lowest BCUT2D eigenvalue weighted by atomic mass is 10.1. The molecule has 5 nitrogen and oxygen atoms in total. The summed E-state index contributed by atoms with van der Waals surface area (Å²) in [6, 6.07) is 17.4. The fraction of sp³-hybridized carbons (Fsp3) is 0.273. The van der Waals surface area contributed by atoms with Crippen LogP contribution in [0.4, 0.5) is 0 Å². The number of nitrogens with one attached hydrogen (secondary N) is 1. The van der Waals surface area contributed by atoms with Gasteiger partial charge in [0.1, 0.15) is 12.4 Å². The van der Waals surface area contributed by atoms with Crippen LogP contribution in [0.3, 0.4) is 0 Å². The Morgan fingerprint density at radius 1 is 1.00 bits per heavy atom. The Hall–Kier alpha value is -2.54. The molecule has 0 fully saturated rings. The summed E-state index contributed by atoms with van der Waals surface area (Å²) in [5.41, 5.74) is 1.87. The van der Waals surface area contributed by atoms with E-state index in [1.54, 1.807) is 25.6 Å². The molecule has 3 rings (SSSR count). The Morgan fingerprint density at radius 2 is 1.89 bits per heavy atom. The molecule has 1 unspecified atom stereocenters. The Kier molecular flexibility index (Phi) is 7.31. The van der Waals surface area contributed by atoms with E-state index >= 15 is 0 Å². The monoisotopic (exact) mass is 399 g/mol. The number of ether oxygens (including phenoxy) is 3. The highest BCUT2D eigenvalue weighted by atomic mass is 32.1. The molecule has 0 aliphatic carbocycles. The van der Waals surface area contributed by atoms with Crippen LogP contribution in [0.1, 0.15) is 22.1 Å². The first-order valence-electron chi connectivity index (χ1n) is 9.04. The topological polar surface area (TPSA) is 60.0 Å². The molecule has 0 spiro atoms. The molecule has 0 saturated carbocycles. The van der Waals surface area contributed by atoms with Crippen LogP contribution in [0.15, 0.2) is 60.0 Å². The minimum atomic E-state index is -0.606. The quantitative estimate of drug-likeness (QED) is 0.536. The minimum Gasteiger partial charge on any atom is -0.497 e. The van der Waals surface area contributed by atoms with Crippen molar-refractivity contribution in [1.29, 1.82) is 0 Å². The lowest BCUT2D eigenvalue weighted by Crippen LogP contribution is -2.21. The molecule has 28 heavy (non-hydrogen) atoms. The third kappa shape index (κ3) is 5.48. The van der Waals surface area contributed by atoms with Gasteiger partial charge in [0.05, 0.1) is 20.3 Å². The maximum atomic E-state index is 10.4. The third-order valence-corrected chi connectivity index (χ3v) is 5.17. The van der Waals surface area contributed by atoms with Crippen molar-refractivity contribution in [3.63, 3.8) is 0 Å². The molecule has 1 heterocycles. The first-order chi connectivity index (χ1) is 13.7. The van der Waals surface area contributed by atoms with Crippen molar-refractivity contribution < 1.29 is 19.3 Å². The zero-order chi connectivity index (χ0) is 19.8. The maximum Gasteiger partial charge on any atom is 0.161 e. The van der Waals surface area contributed by atoms with Gasteiger partial charge in [0, 0.05) is 18.0 Å². The molecule has 2 N–H and O–H groups in total. The Morgan fingerprint density at radius 3 is 2.64 bits per heavy atom. The molecule has 0 radical (unpaired) electrons. The van der Waals surface area contributed by atoms with Crippen LogP contribution < -0.4 is 19.5 Å². The van der Waals surface area contributed by atoms with Gasteiger partial charge in [-0.1, -0.05) is 24.3 Å². The van der Waals surface area contributed by atoms with Gasteiger partial charge in [-0.25, -0.2) is 0 Å². The Labute approximate surface area is 169 Å². The molecule has 1 aromatic heterocycles. The summed E-state index contributed by atoms with van der Waals surface area (Å²) in [7, 11) is 3.25. The molecular formula is C22H25NO4S. The molecule has 0 bridgehead atoms. The summed E-state index contributed by atoms with van der Waals surface area (Å²) in [5.74, 6) is 2.15. The average Bonchev–Trinajstić information content (AvgIpc) is 3.26. The van der Waals surface area contributed by atoms with Gasteiger partial charge in [-0.15, -0.1) is 11.3 Å². The van der Waals surface area contributed by atoms with Gasteiger partial charge in [-0.05, 0) is 46.8 Å². The number of aliphatic hydroxyl groups excluding tert-OH is 1. The van der Waals surface area contributed by atoms with E-state index in [1.165, 1.54) is 4.88 Å². The van der Waals surface area contributed by atoms with Gasteiger partial charge < -0.3 is 24.6 Å². The largest absolute Gasteiger partial charge is 0.497 e. The standard InChI is InChI=1S/C22H25NO4S/c1-25-18-6-3-5-17(12-18)20(24)14-23-13-16-8-9-21(22(11-16)26-2)27-15-19-7-4-10-28-19/h3-12,20,23-24H,13-15H2,1-2H3. The lowest BCUT2D eigenvalue weighted by Gasteiger charge is -2.15. The van der Waals surface area contributed by atoms with E-state index < -0.39 is 6.10 Å². The van der Waals surface area contributed by atoms with Crippen molar-refractivity contribution in [3.05, 3.63) is 76.0 Å². The zero-order valence-corrected chi connectivity index (χ0v) is 16.9. The van der Waals surface area contributed by atoms with E-state index in [-0.39, 0.29) is 0 Å². The van der Waals surface area contributed by atoms with E-state index in [2.05, 4.69) is 5.32 Å². The maximum absolute atomic E-state index is 10.4. The molecular weight excluding hydrogens is 374 g/mol. The molecule has 0 aliphatic heterocycles. The minimum absolute atomic E-state index is 0.437. The highest BCUT2D eigenvalue weighted by Gasteiger charge is 2.10. The van der Waals surface area contributed by atoms with Crippen molar-refractivity contribution in [1.82, 2.24) is 5.32 Å². The molecule has 0 saturated heterocycles. The Balaban J connectivity index is 1.53. The SMILES string of the molecule is COc1cccc(C(O)CNCc2ccc(OCc3cccs3)c(OC)c2)c1. The van der Waals surface area contributed by atoms with Crippen LogP contribution >= 0.6 is 11.3 Å². The number of hydrogen-bond acceptors (Lipinski definition) is 6. The van der Waals surface area contributed by atoms with E-state index in [0.29, 0.717) is 25.4 Å². The van der Waals surface area contributed by atoms with Crippen LogP contribution in [0.5, 0.6) is 17.2 Å². The van der Waals surface area contributed by atoms with Crippen molar-refractivity contribution >= 4 is 11.3 Å². The van der Waals surface area contributed by atoms with E-state index in [1.807, 2.05) is 60.0 Å². The number of aliphatic hydroxyl groups is 1. The fourth-order valence-electron chi connectivity index (χ4n) is 2.80. The van der Waals surface area contributed by atoms with Crippen molar-refractivity contribution in [2.75, 3.05) is 20.8 Å². The van der Waals surface area contributed by atoms with Crippen LogP contribution in [-0.2, 0) is 13.2 Å². The smallest absolute Gasteiger partial charge is 0.161 e. The summed E-state index contributed by atoms with van der Waals surface area (Å²) in [6.45, 7) is 1.58. The van der Waals surface area contributed by atoms with Gasteiger partial charge in [0.15, 0.2) is 11.5 Å². The average molecular weight is 400 g/mol. The van der Waals surface area contributed by atoms with Crippen LogP contribution in [0.25, 0.3) is 0 Å². The first-order valence-corrected chi connectivity index (χ1v) is 9.92. The predicted octanol–water partition coefficient (Wildman–Crippen LogP) is 4.17. The van der Waals surface area contributed by atoms with E-state index in [0.717, 1.165) is 22.6 Å². The predicted molar refractivity (Wildman–Crippen MR) is 111 cm³/mol. The van der Waals surface area contributed by atoms with Crippen LogP contribution in [0, 0.1) is 0 Å². The summed E-state index contributed by atoms with van der Waals surface area (Å²) >= 11 is 1.67. The highest BCUT2D eigenvalue weighted by molar-refractivity contribution is 7.09. The summed E-state index contributed by atoms with van der Waals surface area (Å²) in [5, 5.41) is 15.7. The van der Waals surface area contributed by atoms with E-state index in [4.69, 9.17) is 14.2 Å². The number of rotatable bonds is 10. The zero-order valence-electron chi connectivity index (χ0n) is 16.1. The van der Waals surface area contributed by atoms with Crippen LogP contribution in [-0.4, -0.2) is 25.9 Å². The van der Waals surface area contributed by atoms with Gasteiger partial charge in [-0.2, -0.15) is 0 Å².